The molecule has 0 radical (unpaired) electrons. The number of fused-ring (bicyclic) bond motifs is 1. The average molecular weight is 435 g/mol. The zero-order valence-electron chi connectivity index (χ0n) is 19.6. The van der Waals surface area contributed by atoms with E-state index in [4.69, 9.17) is 14.5 Å². The minimum atomic E-state index is -0.234. The van der Waals surface area contributed by atoms with E-state index in [0.717, 1.165) is 55.9 Å². The molecule has 0 amide bonds. The summed E-state index contributed by atoms with van der Waals surface area (Å²) >= 11 is 0. The molecule has 3 aromatic rings. The van der Waals surface area contributed by atoms with Gasteiger partial charge in [-0.3, -0.25) is 0 Å². The fourth-order valence-corrected chi connectivity index (χ4v) is 5.46. The Bertz CT molecular complexity index is 1050. The Balaban J connectivity index is 1.39. The quantitative estimate of drug-likeness (QED) is 0.551. The normalized spacial score (nSPS) is 25.1. The van der Waals surface area contributed by atoms with Gasteiger partial charge in [-0.25, -0.2) is 4.98 Å². The first-order chi connectivity index (χ1) is 15.3. The molecule has 32 heavy (non-hydrogen) atoms. The fraction of sp³-hybridized carbons (Fsp3) is 0.538. The van der Waals surface area contributed by atoms with Crippen molar-refractivity contribution in [2.75, 3.05) is 18.0 Å². The standard InChI is InChI=1S/C26H34N4O2/c1-25(2)16-30(17-26(3,4)32-25)23-15-19-7-5-6-8-22(19)24(28-23)31-21-11-9-20(10-12-21)29-14-13-27-18-29/h5-8,13-15,18,20-21H,9-12,16-17H2,1-4H3. The Morgan fingerprint density at radius 2 is 1.72 bits per heavy atom. The molecule has 6 heteroatoms. The SMILES string of the molecule is CC1(C)CN(c2cc3ccccc3c(OC3CCC(n4ccnc4)CC3)n2)CC(C)(C)O1. The zero-order chi connectivity index (χ0) is 22.3. The van der Waals surface area contributed by atoms with Crippen LogP contribution in [0.25, 0.3) is 10.8 Å². The van der Waals surface area contributed by atoms with Gasteiger partial charge in [0.15, 0.2) is 0 Å². The van der Waals surface area contributed by atoms with Crippen LogP contribution in [0.4, 0.5) is 5.82 Å². The van der Waals surface area contributed by atoms with Crippen LogP contribution in [0.2, 0.25) is 0 Å². The van der Waals surface area contributed by atoms with Gasteiger partial charge in [0.2, 0.25) is 5.88 Å². The van der Waals surface area contributed by atoms with E-state index in [2.05, 4.69) is 78.7 Å². The molecule has 1 saturated heterocycles. The van der Waals surface area contributed by atoms with Crippen molar-refractivity contribution >= 4 is 16.6 Å². The maximum absolute atomic E-state index is 6.58. The van der Waals surface area contributed by atoms with Crippen molar-refractivity contribution in [2.24, 2.45) is 0 Å². The van der Waals surface area contributed by atoms with Crippen LogP contribution in [0, 0.1) is 0 Å². The summed E-state index contributed by atoms with van der Waals surface area (Å²) < 4.78 is 15.1. The van der Waals surface area contributed by atoms with Gasteiger partial charge < -0.3 is 18.9 Å². The van der Waals surface area contributed by atoms with Crippen LogP contribution in [0.1, 0.15) is 59.4 Å². The van der Waals surface area contributed by atoms with Crippen LogP contribution in [0.15, 0.2) is 49.1 Å². The van der Waals surface area contributed by atoms with Crippen molar-refractivity contribution < 1.29 is 9.47 Å². The molecule has 0 unspecified atom stereocenters. The fourth-order valence-electron chi connectivity index (χ4n) is 5.46. The van der Waals surface area contributed by atoms with Gasteiger partial charge in [0.25, 0.3) is 0 Å². The maximum atomic E-state index is 6.58. The molecule has 0 atom stereocenters. The number of ether oxygens (including phenoxy) is 2. The number of hydrogen-bond donors (Lipinski definition) is 0. The van der Waals surface area contributed by atoms with Crippen molar-refractivity contribution in [1.29, 1.82) is 0 Å². The Morgan fingerprint density at radius 1 is 1.00 bits per heavy atom. The molecule has 0 N–H and O–H groups in total. The minimum Gasteiger partial charge on any atom is -0.474 e. The highest BCUT2D eigenvalue weighted by Gasteiger charge is 2.39. The van der Waals surface area contributed by atoms with Gasteiger partial charge in [0, 0.05) is 36.9 Å². The van der Waals surface area contributed by atoms with Crippen LogP contribution in [0.5, 0.6) is 5.88 Å². The first-order valence-electron chi connectivity index (χ1n) is 11.8. The zero-order valence-corrected chi connectivity index (χ0v) is 19.6. The predicted molar refractivity (Wildman–Crippen MR) is 127 cm³/mol. The summed E-state index contributed by atoms with van der Waals surface area (Å²) in [6.07, 6.45) is 10.3. The van der Waals surface area contributed by atoms with Gasteiger partial charge in [-0.2, -0.15) is 4.98 Å². The van der Waals surface area contributed by atoms with Gasteiger partial charge in [-0.05, 0) is 70.9 Å². The number of nitrogens with zero attached hydrogens (tertiary/aromatic N) is 4. The molecular weight excluding hydrogens is 400 g/mol. The molecular formula is C26H34N4O2. The lowest BCUT2D eigenvalue weighted by atomic mass is 9.93. The van der Waals surface area contributed by atoms with Crippen LogP contribution in [0.3, 0.4) is 0 Å². The topological polar surface area (TPSA) is 52.4 Å². The summed E-state index contributed by atoms with van der Waals surface area (Å²) in [5.74, 6) is 1.72. The van der Waals surface area contributed by atoms with E-state index in [9.17, 15) is 0 Å². The summed E-state index contributed by atoms with van der Waals surface area (Å²) in [5.41, 5.74) is -0.469. The lowest BCUT2D eigenvalue weighted by Gasteiger charge is -2.47. The number of hydrogen-bond acceptors (Lipinski definition) is 5. The third-order valence-electron chi connectivity index (χ3n) is 6.58. The lowest BCUT2D eigenvalue weighted by molar-refractivity contribution is -0.133. The van der Waals surface area contributed by atoms with E-state index in [1.165, 1.54) is 5.39 Å². The Kier molecular flexibility index (Phi) is 5.36. The van der Waals surface area contributed by atoms with Gasteiger partial charge >= 0.3 is 0 Å². The smallest absolute Gasteiger partial charge is 0.223 e. The van der Waals surface area contributed by atoms with Crippen molar-refractivity contribution in [2.45, 2.75) is 76.7 Å². The Labute approximate surface area is 190 Å². The molecule has 1 aliphatic heterocycles. The number of pyridine rings is 1. The van der Waals surface area contributed by atoms with Crippen molar-refractivity contribution in [3.8, 4) is 5.88 Å². The molecule has 1 saturated carbocycles. The number of imidazole rings is 1. The second-order valence-corrected chi connectivity index (χ2v) is 10.5. The molecule has 2 aromatic heterocycles. The molecule has 0 bridgehead atoms. The van der Waals surface area contributed by atoms with Gasteiger partial charge in [0.1, 0.15) is 11.9 Å². The minimum absolute atomic E-state index is 0.193. The highest BCUT2D eigenvalue weighted by atomic mass is 16.5. The molecule has 2 aliphatic rings. The Hall–Kier alpha value is -2.60. The van der Waals surface area contributed by atoms with E-state index in [-0.39, 0.29) is 17.3 Å². The average Bonchev–Trinajstić information content (AvgIpc) is 3.27. The molecule has 0 spiro atoms. The summed E-state index contributed by atoms with van der Waals surface area (Å²) in [4.78, 5) is 11.6. The van der Waals surface area contributed by atoms with Crippen LogP contribution < -0.4 is 9.64 Å². The van der Waals surface area contributed by atoms with E-state index < -0.39 is 0 Å². The van der Waals surface area contributed by atoms with E-state index in [1.54, 1.807) is 0 Å². The highest BCUT2D eigenvalue weighted by Crippen LogP contribution is 2.36. The van der Waals surface area contributed by atoms with Gasteiger partial charge in [0.05, 0.1) is 17.5 Å². The molecule has 5 rings (SSSR count). The van der Waals surface area contributed by atoms with Crippen molar-refractivity contribution in [3.63, 3.8) is 0 Å². The highest BCUT2D eigenvalue weighted by molar-refractivity contribution is 5.89. The predicted octanol–water partition coefficient (Wildman–Crippen LogP) is 5.39. The van der Waals surface area contributed by atoms with Crippen LogP contribution >= 0.6 is 0 Å². The van der Waals surface area contributed by atoms with Gasteiger partial charge in [-0.1, -0.05) is 18.2 Å². The Morgan fingerprint density at radius 3 is 2.41 bits per heavy atom. The summed E-state index contributed by atoms with van der Waals surface area (Å²) in [7, 11) is 0. The third-order valence-corrected chi connectivity index (χ3v) is 6.58. The molecule has 2 fully saturated rings. The number of morpholine rings is 1. The number of aromatic nitrogens is 3. The van der Waals surface area contributed by atoms with E-state index >= 15 is 0 Å². The first-order valence-corrected chi connectivity index (χ1v) is 11.8. The van der Waals surface area contributed by atoms with Gasteiger partial charge in [-0.15, -0.1) is 0 Å². The first kappa shape index (κ1) is 21.3. The second kappa shape index (κ2) is 8.07. The molecule has 1 aliphatic carbocycles. The third kappa shape index (κ3) is 4.46. The lowest BCUT2D eigenvalue weighted by Crippen LogP contribution is -2.57. The van der Waals surface area contributed by atoms with Crippen LogP contribution in [-0.2, 0) is 4.74 Å². The number of rotatable bonds is 4. The van der Waals surface area contributed by atoms with Crippen molar-refractivity contribution in [1.82, 2.24) is 14.5 Å². The second-order valence-electron chi connectivity index (χ2n) is 10.5. The summed E-state index contributed by atoms with van der Waals surface area (Å²) in [6.45, 7) is 10.2. The number of benzene rings is 1. The molecule has 6 nitrogen and oxygen atoms in total. The van der Waals surface area contributed by atoms with E-state index in [1.807, 2.05) is 12.5 Å². The molecule has 1 aromatic carbocycles. The number of anilines is 1. The largest absolute Gasteiger partial charge is 0.474 e. The monoisotopic (exact) mass is 434 g/mol. The maximum Gasteiger partial charge on any atom is 0.223 e. The summed E-state index contributed by atoms with van der Waals surface area (Å²) in [6, 6.07) is 11.1. The molecule has 170 valence electrons. The van der Waals surface area contributed by atoms with Crippen molar-refractivity contribution in [3.05, 3.63) is 49.1 Å². The molecule has 3 heterocycles. The summed E-state index contributed by atoms with van der Waals surface area (Å²) in [5, 5.41) is 2.25. The van der Waals surface area contributed by atoms with E-state index in [0.29, 0.717) is 6.04 Å². The van der Waals surface area contributed by atoms with Crippen LogP contribution in [-0.4, -0.2) is 44.9 Å².